The van der Waals surface area contributed by atoms with Crippen molar-refractivity contribution >= 4 is 34.7 Å². The van der Waals surface area contributed by atoms with Gasteiger partial charge in [-0.1, -0.05) is 24.3 Å². The lowest BCUT2D eigenvalue weighted by Gasteiger charge is -2.21. The largest absolute Gasteiger partial charge is 0.370 e. The number of fused-ring (bicyclic) bond motifs is 3. The van der Waals surface area contributed by atoms with E-state index in [4.69, 9.17) is 5.73 Å². The number of nitro benzene ring substituents is 1. The van der Waals surface area contributed by atoms with Crippen molar-refractivity contribution in [3.63, 3.8) is 0 Å². The van der Waals surface area contributed by atoms with E-state index in [2.05, 4.69) is 15.3 Å². The molecular formula is C17H14N6O2. The van der Waals surface area contributed by atoms with Gasteiger partial charge in [0, 0.05) is 6.07 Å². The molecule has 124 valence electrons. The van der Waals surface area contributed by atoms with Gasteiger partial charge in [0.25, 0.3) is 5.69 Å². The fourth-order valence-corrected chi connectivity index (χ4v) is 2.86. The Bertz CT molecular complexity index is 1040. The van der Waals surface area contributed by atoms with Gasteiger partial charge < -0.3 is 5.73 Å². The van der Waals surface area contributed by atoms with Crippen molar-refractivity contribution < 1.29 is 4.92 Å². The molecule has 0 bridgehead atoms. The van der Waals surface area contributed by atoms with Crippen LogP contribution in [0.25, 0.3) is 17.1 Å². The summed E-state index contributed by atoms with van der Waals surface area (Å²) in [5.41, 5.74) is 8.12. The van der Waals surface area contributed by atoms with Crippen LogP contribution < -0.4 is 11.1 Å². The first-order valence-electron chi connectivity index (χ1n) is 7.62. The Morgan fingerprint density at radius 2 is 1.96 bits per heavy atom. The van der Waals surface area contributed by atoms with E-state index < -0.39 is 11.1 Å². The molecule has 1 unspecified atom stereocenters. The molecule has 8 heteroatoms. The van der Waals surface area contributed by atoms with E-state index in [-0.39, 0.29) is 11.6 Å². The number of aromatic nitrogens is 2. The Kier molecular flexibility index (Phi) is 3.42. The number of nitro groups is 1. The molecule has 0 saturated heterocycles. The van der Waals surface area contributed by atoms with Crippen LogP contribution in [-0.4, -0.2) is 20.4 Å². The third-order valence-electron chi connectivity index (χ3n) is 3.95. The second-order valence-electron chi connectivity index (χ2n) is 5.52. The number of nitrogens with zero attached hydrogens (tertiary/aromatic N) is 4. The lowest BCUT2D eigenvalue weighted by atomic mass is 10.1. The van der Waals surface area contributed by atoms with Gasteiger partial charge in [0.1, 0.15) is 0 Å². The van der Waals surface area contributed by atoms with Crippen LogP contribution in [0, 0.1) is 10.1 Å². The normalized spacial score (nSPS) is 16.5. The van der Waals surface area contributed by atoms with Gasteiger partial charge in [0.2, 0.25) is 5.95 Å². The van der Waals surface area contributed by atoms with Crippen LogP contribution in [0.3, 0.4) is 0 Å². The average molecular weight is 334 g/mol. The number of benzene rings is 2. The average Bonchev–Trinajstić information content (AvgIpc) is 2.97. The molecule has 1 aliphatic heterocycles. The topological polar surface area (TPSA) is 111 Å². The zero-order chi connectivity index (χ0) is 17.4. The summed E-state index contributed by atoms with van der Waals surface area (Å²) in [6.45, 7) is 0. The van der Waals surface area contributed by atoms with E-state index in [9.17, 15) is 10.1 Å². The SMILES string of the molecule is NC1=NC(C=Cc2ccccc2[N+](=O)[O-])n2c(nc3ccccc32)N1. The maximum atomic E-state index is 11.2. The fraction of sp³-hybridized carbons (Fsp3) is 0.0588. The number of imidazole rings is 1. The van der Waals surface area contributed by atoms with Crippen molar-refractivity contribution in [3.05, 3.63) is 70.3 Å². The third-order valence-corrected chi connectivity index (χ3v) is 3.95. The molecule has 2 aromatic carbocycles. The molecule has 0 aliphatic carbocycles. The molecule has 0 fully saturated rings. The number of aliphatic imine (C=N–C) groups is 1. The highest BCUT2D eigenvalue weighted by atomic mass is 16.6. The highest BCUT2D eigenvalue weighted by Gasteiger charge is 2.22. The van der Waals surface area contributed by atoms with Crippen molar-refractivity contribution in [2.45, 2.75) is 6.17 Å². The van der Waals surface area contributed by atoms with Crippen LogP contribution in [0.2, 0.25) is 0 Å². The Morgan fingerprint density at radius 1 is 1.20 bits per heavy atom. The van der Waals surface area contributed by atoms with Crippen LogP contribution in [-0.2, 0) is 0 Å². The third kappa shape index (κ3) is 2.59. The van der Waals surface area contributed by atoms with Crippen molar-refractivity contribution in [2.24, 2.45) is 10.7 Å². The summed E-state index contributed by atoms with van der Waals surface area (Å²) in [5, 5.41) is 14.1. The van der Waals surface area contributed by atoms with Crippen molar-refractivity contribution in [2.75, 3.05) is 5.32 Å². The molecule has 25 heavy (non-hydrogen) atoms. The second-order valence-corrected chi connectivity index (χ2v) is 5.52. The van der Waals surface area contributed by atoms with E-state index in [1.807, 2.05) is 28.8 Å². The van der Waals surface area contributed by atoms with E-state index >= 15 is 0 Å². The summed E-state index contributed by atoms with van der Waals surface area (Å²) in [5.74, 6) is 0.839. The summed E-state index contributed by atoms with van der Waals surface area (Å²) in [6.07, 6.45) is 3.01. The van der Waals surface area contributed by atoms with Crippen LogP contribution >= 0.6 is 0 Å². The highest BCUT2D eigenvalue weighted by molar-refractivity contribution is 5.94. The van der Waals surface area contributed by atoms with Crippen molar-refractivity contribution in [3.8, 4) is 0 Å². The first-order chi connectivity index (χ1) is 12.1. The molecule has 3 aromatic rings. The maximum Gasteiger partial charge on any atom is 0.276 e. The molecule has 1 aliphatic rings. The molecule has 4 rings (SSSR count). The lowest BCUT2D eigenvalue weighted by molar-refractivity contribution is -0.385. The molecule has 1 aromatic heterocycles. The highest BCUT2D eigenvalue weighted by Crippen LogP contribution is 2.29. The number of guanidine groups is 1. The summed E-state index contributed by atoms with van der Waals surface area (Å²) < 4.78 is 1.90. The van der Waals surface area contributed by atoms with Crippen LogP contribution in [0.4, 0.5) is 11.6 Å². The predicted molar refractivity (Wildman–Crippen MR) is 96.1 cm³/mol. The summed E-state index contributed by atoms with van der Waals surface area (Å²) in [6, 6.07) is 14.2. The van der Waals surface area contributed by atoms with Gasteiger partial charge >= 0.3 is 0 Å². The Morgan fingerprint density at radius 3 is 2.80 bits per heavy atom. The minimum Gasteiger partial charge on any atom is -0.370 e. The van der Waals surface area contributed by atoms with Gasteiger partial charge in [0.15, 0.2) is 12.1 Å². The molecule has 0 spiro atoms. The monoisotopic (exact) mass is 334 g/mol. The quantitative estimate of drug-likeness (QED) is 0.565. The van der Waals surface area contributed by atoms with Gasteiger partial charge in [-0.05, 0) is 30.4 Å². The summed E-state index contributed by atoms with van der Waals surface area (Å²) >= 11 is 0. The molecule has 1 atom stereocenters. The predicted octanol–water partition coefficient (Wildman–Crippen LogP) is 2.90. The Labute approximate surface area is 142 Å². The number of nitrogens with two attached hydrogens (primary N) is 1. The summed E-state index contributed by atoms with van der Waals surface area (Å²) in [4.78, 5) is 19.6. The number of anilines is 1. The molecule has 2 heterocycles. The number of hydrogen-bond donors (Lipinski definition) is 2. The lowest BCUT2D eigenvalue weighted by Crippen LogP contribution is -2.30. The van der Waals surface area contributed by atoms with E-state index in [0.717, 1.165) is 11.0 Å². The molecule has 3 N–H and O–H groups in total. The van der Waals surface area contributed by atoms with Crippen LogP contribution in [0.1, 0.15) is 11.7 Å². The van der Waals surface area contributed by atoms with E-state index in [1.54, 1.807) is 30.4 Å². The molecular weight excluding hydrogens is 320 g/mol. The van der Waals surface area contributed by atoms with E-state index in [0.29, 0.717) is 11.5 Å². The van der Waals surface area contributed by atoms with E-state index in [1.165, 1.54) is 6.07 Å². The molecule has 0 saturated carbocycles. The number of nitrogens with one attached hydrogen (secondary N) is 1. The maximum absolute atomic E-state index is 11.2. The zero-order valence-corrected chi connectivity index (χ0v) is 13.0. The van der Waals surface area contributed by atoms with Crippen LogP contribution in [0.5, 0.6) is 0 Å². The fourth-order valence-electron chi connectivity index (χ4n) is 2.86. The Hall–Kier alpha value is -3.68. The summed E-state index contributed by atoms with van der Waals surface area (Å²) in [7, 11) is 0. The molecule has 0 amide bonds. The number of para-hydroxylation sites is 3. The van der Waals surface area contributed by atoms with Gasteiger partial charge in [-0.2, -0.15) is 0 Å². The standard InChI is InChI=1S/C17H14N6O2/c18-16-20-15(10-9-11-5-1-3-7-13(11)23(24)25)22-14-8-4-2-6-12(14)19-17(22)21-16/h1-10,15H,(H3,18,19,20,21). The van der Waals surface area contributed by atoms with Crippen molar-refractivity contribution in [1.82, 2.24) is 9.55 Å². The van der Waals surface area contributed by atoms with Crippen LogP contribution in [0.15, 0.2) is 59.6 Å². The van der Waals surface area contributed by atoms with Gasteiger partial charge in [-0.3, -0.25) is 20.0 Å². The first-order valence-corrected chi connectivity index (χ1v) is 7.62. The molecule has 0 radical (unpaired) electrons. The first kappa shape index (κ1) is 14.9. The Balaban J connectivity index is 1.79. The minimum atomic E-state index is -0.441. The number of hydrogen-bond acceptors (Lipinski definition) is 6. The molecule has 8 nitrogen and oxygen atoms in total. The minimum absolute atomic E-state index is 0.0420. The number of rotatable bonds is 3. The smallest absolute Gasteiger partial charge is 0.276 e. The van der Waals surface area contributed by atoms with Crippen molar-refractivity contribution in [1.29, 1.82) is 0 Å². The second kappa shape index (κ2) is 5.75. The van der Waals surface area contributed by atoms with Gasteiger partial charge in [-0.15, -0.1) is 0 Å². The van der Waals surface area contributed by atoms with Gasteiger partial charge in [-0.25, -0.2) is 9.98 Å². The van der Waals surface area contributed by atoms with Gasteiger partial charge in [0.05, 0.1) is 21.5 Å². The zero-order valence-electron chi connectivity index (χ0n) is 13.0.